The van der Waals surface area contributed by atoms with Crippen molar-refractivity contribution >= 4 is 28.4 Å². The van der Waals surface area contributed by atoms with Gasteiger partial charge < -0.3 is 10.6 Å². The van der Waals surface area contributed by atoms with Crippen molar-refractivity contribution in [1.29, 1.82) is 0 Å². The molecule has 3 N–H and O–H groups in total. The number of nitrogens with one attached hydrogen (secondary N) is 1. The molecule has 0 bridgehead atoms. The summed E-state index contributed by atoms with van der Waals surface area (Å²) in [4.78, 5) is 44.9. The molecular weight excluding hydrogens is 517 g/mol. The molecule has 5 rings (SSSR count). The van der Waals surface area contributed by atoms with Crippen LogP contribution >= 0.6 is 11.3 Å². The molecule has 1 aliphatic heterocycles. The zero-order valence-corrected chi connectivity index (χ0v) is 23.6. The molecule has 1 atom stereocenters. The van der Waals surface area contributed by atoms with E-state index in [1.165, 1.54) is 28.4 Å². The molecule has 0 spiro atoms. The van der Waals surface area contributed by atoms with Crippen molar-refractivity contribution < 1.29 is 14.0 Å². The van der Waals surface area contributed by atoms with E-state index in [1.54, 1.807) is 6.07 Å². The molecule has 11 heteroatoms. The number of urea groups is 1. The van der Waals surface area contributed by atoms with E-state index in [-0.39, 0.29) is 17.8 Å². The number of anilines is 1. The highest BCUT2D eigenvalue weighted by Gasteiger charge is 2.49. The number of likely N-dealkylation sites (N-methyl/N-ethyl adjacent to an activating group) is 1. The van der Waals surface area contributed by atoms with Gasteiger partial charge in [0, 0.05) is 31.2 Å². The van der Waals surface area contributed by atoms with Crippen LogP contribution in [0.2, 0.25) is 0 Å². The molecule has 1 aliphatic carbocycles. The van der Waals surface area contributed by atoms with Gasteiger partial charge in [-0.1, -0.05) is 44.2 Å². The Morgan fingerprint density at radius 3 is 2.77 bits per heavy atom. The zero-order chi connectivity index (χ0) is 27.9. The van der Waals surface area contributed by atoms with Gasteiger partial charge in [-0.2, -0.15) is 0 Å². The molecular formula is C28H34FN7O2S. The average Bonchev–Trinajstić information content (AvgIpc) is 3.47. The first-order chi connectivity index (χ1) is 18.5. The van der Waals surface area contributed by atoms with Gasteiger partial charge in [-0.25, -0.2) is 24.1 Å². The number of carbonyl (C=O) groups excluding carboxylic acids is 2. The highest BCUT2D eigenvalue weighted by atomic mass is 32.1. The summed E-state index contributed by atoms with van der Waals surface area (Å²) in [6, 6.07) is 5.93. The van der Waals surface area contributed by atoms with Crippen molar-refractivity contribution in [3.63, 3.8) is 0 Å². The first-order valence-corrected chi connectivity index (χ1v) is 14.0. The zero-order valence-electron chi connectivity index (χ0n) is 22.8. The number of halogens is 1. The number of carbonyl (C=O) groups is 2. The molecule has 0 saturated carbocycles. The Morgan fingerprint density at radius 2 is 2.05 bits per heavy atom. The van der Waals surface area contributed by atoms with E-state index in [0.29, 0.717) is 31.1 Å². The Morgan fingerprint density at radius 1 is 1.26 bits per heavy atom. The number of rotatable bonds is 6. The van der Waals surface area contributed by atoms with Crippen molar-refractivity contribution in [3.05, 3.63) is 58.9 Å². The number of nitrogens with zero attached hydrogens (tertiary/aromatic N) is 5. The van der Waals surface area contributed by atoms with Crippen LogP contribution in [0.1, 0.15) is 56.3 Å². The van der Waals surface area contributed by atoms with E-state index in [0.717, 1.165) is 46.1 Å². The molecule has 3 amide bonds. The molecule has 206 valence electrons. The third kappa shape index (κ3) is 5.38. The Kier molecular flexibility index (Phi) is 7.15. The maximum absolute atomic E-state index is 13.7. The number of hydrogen-bond donors (Lipinski definition) is 2. The number of aryl methyl sites for hydroxylation is 2. The molecule has 0 radical (unpaired) electrons. The quantitative estimate of drug-likeness (QED) is 0.476. The second kappa shape index (κ2) is 10.3. The fourth-order valence-electron chi connectivity index (χ4n) is 5.44. The minimum atomic E-state index is -1.18. The van der Waals surface area contributed by atoms with Crippen LogP contribution in [-0.4, -0.2) is 62.4 Å². The molecule has 39 heavy (non-hydrogen) atoms. The predicted molar refractivity (Wildman–Crippen MR) is 149 cm³/mol. The lowest BCUT2D eigenvalue weighted by atomic mass is 9.94. The number of amides is 3. The van der Waals surface area contributed by atoms with E-state index in [2.05, 4.69) is 31.1 Å². The van der Waals surface area contributed by atoms with Crippen LogP contribution in [0.25, 0.3) is 10.6 Å². The minimum absolute atomic E-state index is 0.190. The van der Waals surface area contributed by atoms with Crippen molar-refractivity contribution in [1.82, 2.24) is 24.8 Å². The fourth-order valence-corrected chi connectivity index (χ4v) is 6.47. The van der Waals surface area contributed by atoms with Gasteiger partial charge in [0.25, 0.3) is 0 Å². The van der Waals surface area contributed by atoms with Crippen LogP contribution in [-0.2, 0) is 29.6 Å². The Hall–Kier alpha value is -3.44. The minimum Gasteiger partial charge on any atom is -0.368 e. The molecule has 1 aromatic carbocycles. The van der Waals surface area contributed by atoms with Crippen LogP contribution in [0.3, 0.4) is 0 Å². The normalized spacial score (nSPS) is 18.7. The summed E-state index contributed by atoms with van der Waals surface area (Å²) in [6.45, 7) is 7.28. The second-order valence-corrected chi connectivity index (χ2v) is 12.5. The molecule has 1 fully saturated rings. The van der Waals surface area contributed by atoms with Crippen LogP contribution < -0.4 is 11.1 Å². The molecule has 2 aliphatic rings. The number of aromatic nitrogens is 3. The van der Waals surface area contributed by atoms with Gasteiger partial charge in [0.05, 0.1) is 16.3 Å². The third-order valence-electron chi connectivity index (χ3n) is 7.36. The lowest BCUT2D eigenvalue weighted by Gasteiger charge is -2.38. The molecule has 0 unspecified atom stereocenters. The van der Waals surface area contributed by atoms with Crippen molar-refractivity contribution in [2.75, 3.05) is 25.5 Å². The number of nitrogens with two attached hydrogens (primary N) is 1. The summed E-state index contributed by atoms with van der Waals surface area (Å²) in [7, 11) is 1.84. The summed E-state index contributed by atoms with van der Waals surface area (Å²) < 4.78 is 13.7. The Labute approximate surface area is 231 Å². The van der Waals surface area contributed by atoms with Crippen molar-refractivity contribution in [2.45, 2.75) is 64.0 Å². The van der Waals surface area contributed by atoms with E-state index in [1.807, 2.05) is 24.2 Å². The molecule has 1 saturated heterocycles. The van der Waals surface area contributed by atoms with Gasteiger partial charge in [0.1, 0.15) is 17.2 Å². The smallest absolute Gasteiger partial charge is 0.324 e. The fraction of sp³-hybridized carbons (Fsp3) is 0.464. The monoisotopic (exact) mass is 551 g/mol. The Balaban J connectivity index is 1.35. The van der Waals surface area contributed by atoms with Gasteiger partial charge in [0.2, 0.25) is 5.91 Å². The first kappa shape index (κ1) is 27.1. The van der Waals surface area contributed by atoms with E-state index in [9.17, 15) is 14.0 Å². The van der Waals surface area contributed by atoms with E-state index in [4.69, 9.17) is 15.7 Å². The third-order valence-corrected chi connectivity index (χ3v) is 8.38. The molecule has 2 aromatic heterocycles. The van der Waals surface area contributed by atoms with Gasteiger partial charge >= 0.3 is 6.03 Å². The van der Waals surface area contributed by atoms with E-state index < -0.39 is 17.5 Å². The standard InChI is InChI=1S/C28H34FN7O2S/c1-27(2,3)24-31-14-18-9-10-20-22(21(18)33-24)39-25(32-20)34-26(38)36-12-6-11-28(36,23(30)37)16-35(4)15-17-7-5-8-19(29)13-17/h5,7-8,13-14H,6,9-12,15-16H2,1-4H3,(H2,30,37)(H,32,34,38)/t28-/m1/s1. The molecule has 9 nitrogen and oxygen atoms in total. The molecule has 3 heterocycles. The summed E-state index contributed by atoms with van der Waals surface area (Å²) in [5.41, 5.74) is 8.19. The molecule has 3 aromatic rings. The van der Waals surface area contributed by atoms with E-state index >= 15 is 0 Å². The van der Waals surface area contributed by atoms with Crippen LogP contribution in [0.15, 0.2) is 30.5 Å². The highest BCUT2D eigenvalue weighted by molar-refractivity contribution is 7.19. The number of fused-ring (bicyclic) bond motifs is 3. The number of primary amides is 1. The number of thiazole rings is 1. The SMILES string of the molecule is CN(Cc1cccc(F)c1)C[C@@]1(C(N)=O)CCCN1C(=O)Nc1nc2c(s1)-c1nc(C(C)(C)C)ncc1CC2. The summed E-state index contributed by atoms with van der Waals surface area (Å²) >= 11 is 1.39. The maximum Gasteiger partial charge on any atom is 0.324 e. The number of benzene rings is 1. The van der Waals surface area contributed by atoms with Gasteiger partial charge in [-0.3, -0.25) is 15.0 Å². The predicted octanol–water partition coefficient (Wildman–Crippen LogP) is 4.12. The van der Waals surface area contributed by atoms with Crippen molar-refractivity contribution in [2.24, 2.45) is 5.73 Å². The summed E-state index contributed by atoms with van der Waals surface area (Å²) in [6.07, 6.45) is 4.54. The van der Waals surface area contributed by atoms with Crippen molar-refractivity contribution in [3.8, 4) is 10.6 Å². The Bertz CT molecular complexity index is 1420. The lowest BCUT2D eigenvalue weighted by Crippen LogP contribution is -2.61. The van der Waals surface area contributed by atoms with Crippen LogP contribution in [0.5, 0.6) is 0 Å². The summed E-state index contributed by atoms with van der Waals surface area (Å²) in [5, 5.41) is 3.40. The number of hydrogen-bond acceptors (Lipinski definition) is 7. The summed E-state index contributed by atoms with van der Waals surface area (Å²) in [5.74, 6) is -0.110. The van der Waals surface area contributed by atoms with Gasteiger partial charge in [-0.05, 0) is 56.0 Å². The van der Waals surface area contributed by atoms with Crippen LogP contribution in [0, 0.1) is 5.82 Å². The maximum atomic E-state index is 13.7. The average molecular weight is 552 g/mol. The lowest BCUT2D eigenvalue weighted by molar-refractivity contribution is -0.128. The number of likely N-dealkylation sites (tertiary alicyclic amines) is 1. The van der Waals surface area contributed by atoms with Crippen LogP contribution in [0.4, 0.5) is 14.3 Å². The van der Waals surface area contributed by atoms with Gasteiger partial charge in [0.15, 0.2) is 5.13 Å². The largest absolute Gasteiger partial charge is 0.368 e. The first-order valence-electron chi connectivity index (χ1n) is 13.1. The second-order valence-electron chi connectivity index (χ2n) is 11.5. The highest BCUT2D eigenvalue weighted by Crippen LogP contribution is 2.39. The topological polar surface area (TPSA) is 117 Å². The van der Waals surface area contributed by atoms with Gasteiger partial charge in [-0.15, -0.1) is 0 Å².